The summed E-state index contributed by atoms with van der Waals surface area (Å²) >= 11 is 0. The molecule has 0 atom stereocenters. The van der Waals surface area contributed by atoms with E-state index in [-0.39, 0.29) is 11.0 Å². The van der Waals surface area contributed by atoms with Crippen LogP contribution in [-0.4, -0.2) is 21.6 Å². The Morgan fingerprint density at radius 1 is 1.26 bits per heavy atom. The van der Waals surface area contributed by atoms with E-state index >= 15 is 0 Å². The molecular weight excluding hydrogens is 266 g/mol. The highest BCUT2D eigenvalue weighted by molar-refractivity contribution is 7.89. The third-order valence-electron chi connectivity index (χ3n) is 3.30. The molecule has 106 valence electrons. The van der Waals surface area contributed by atoms with Crippen LogP contribution in [0.15, 0.2) is 23.1 Å². The summed E-state index contributed by atoms with van der Waals surface area (Å²) in [6, 6.07) is 4.71. The zero-order valence-corrected chi connectivity index (χ0v) is 12.0. The molecule has 5 nitrogen and oxygen atoms in total. The Morgan fingerprint density at radius 3 is 2.53 bits per heavy atom. The van der Waals surface area contributed by atoms with Gasteiger partial charge >= 0.3 is 0 Å². The molecule has 1 aliphatic rings. The second-order valence-corrected chi connectivity index (χ2v) is 6.39. The topological polar surface area (TPSA) is 64.6 Å². The van der Waals surface area contributed by atoms with Crippen molar-refractivity contribution in [2.45, 2.75) is 43.6 Å². The Labute approximate surface area is 113 Å². The Bertz CT molecular complexity index is 536. The van der Waals surface area contributed by atoms with Gasteiger partial charge in [0.25, 0.3) is 10.0 Å². The Kier molecular flexibility index (Phi) is 4.44. The number of hydrogen-bond acceptors (Lipinski definition) is 4. The second kappa shape index (κ2) is 5.90. The molecule has 0 unspecified atom stereocenters. The van der Waals surface area contributed by atoms with Crippen molar-refractivity contribution in [3.63, 3.8) is 0 Å². The standard InChI is InChI=1S/C13H19NO4S/c1-10-9-12(7-8-13(10)17-2)19(15,16)14-18-11-5-3-4-6-11/h7-9,11,14H,3-6H2,1-2H3. The van der Waals surface area contributed by atoms with Crippen molar-refractivity contribution in [2.24, 2.45) is 0 Å². The average molecular weight is 285 g/mol. The molecule has 1 aliphatic carbocycles. The lowest BCUT2D eigenvalue weighted by Crippen LogP contribution is -2.28. The van der Waals surface area contributed by atoms with Crippen LogP contribution in [0, 0.1) is 6.92 Å². The van der Waals surface area contributed by atoms with Gasteiger partial charge in [0.1, 0.15) is 5.75 Å². The van der Waals surface area contributed by atoms with Gasteiger partial charge in [-0.2, -0.15) is 0 Å². The van der Waals surface area contributed by atoms with E-state index in [9.17, 15) is 8.42 Å². The fourth-order valence-electron chi connectivity index (χ4n) is 2.20. The molecule has 0 amide bonds. The lowest BCUT2D eigenvalue weighted by molar-refractivity contribution is 0.0223. The van der Waals surface area contributed by atoms with Gasteiger partial charge in [0, 0.05) is 0 Å². The first kappa shape index (κ1) is 14.3. The molecule has 0 aromatic heterocycles. The fourth-order valence-corrected chi connectivity index (χ4v) is 3.14. The molecule has 0 bridgehead atoms. The van der Waals surface area contributed by atoms with Gasteiger partial charge in [-0.05, 0) is 43.5 Å². The van der Waals surface area contributed by atoms with Crippen LogP contribution in [0.5, 0.6) is 5.75 Å². The van der Waals surface area contributed by atoms with Crippen molar-refractivity contribution in [2.75, 3.05) is 7.11 Å². The number of rotatable bonds is 5. The zero-order chi connectivity index (χ0) is 13.9. The number of benzene rings is 1. The number of aryl methyl sites for hydroxylation is 1. The molecule has 0 saturated heterocycles. The molecule has 0 aliphatic heterocycles. The highest BCUT2D eigenvalue weighted by atomic mass is 32.2. The maximum atomic E-state index is 12.1. The van der Waals surface area contributed by atoms with E-state index in [1.54, 1.807) is 26.2 Å². The summed E-state index contributed by atoms with van der Waals surface area (Å²) in [5.74, 6) is 0.663. The zero-order valence-electron chi connectivity index (χ0n) is 11.2. The largest absolute Gasteiger partial charge is 0.496 e. The molecule has 1 saturated carbocycles. The molecule has 1 fully saturated rings. The van der Waals surface area contributed by atoms with Crippen molar-refractivity contribution in [1.29, 1.82) is 0 Å². The van der Waals surface area contributed by atoms with Gasteiger partial charge in [0.05, 0.1) is 18.1 Å². The van der Waals surface area contributed by atoms with Crippen LogP contribution < -0.4 is 9.62 Å². The van der Waals surface area contributed by atoms with Crippen LogP contribution in [0.3, 0.4) is 0 Å². The van der Waals surface area contributed by atoms with Crippen molar-refractivity contribution in [1.82, 2.24) is 4.89 Å². The predicted octanol–water partition coefficient (Wildman–Crippen LogP) is 2.16. The summed E-state index contributed by atoms with van der Waals surface area (Å²) in [5, 5.41) is 0. The van der Waals surface area contributed by atoms with Crippen LogP contribution in [0.4, 0.5) is 0 Å². The first-order chi connectivity index (χ1) is 9.03. The van der Waals surface area contributed by atoms with Gasteiger partial charge < -0.3 is 4.74 Å². The van der Waals surface area contributed by atoms with Crippen LogP contribution in [0.25, 0.3) is 0 Å². The SMILES string of the molecule is COc1ccc(S(=O)(=O)NOC2CCCC2)cc1C. The predicted molar refractivity (Wildman–Crippen MR) is 71.4 cm³/mol. The molecule has 0 radical (unpaired) electrons. The molecule has 2 rings (SSSR count). The van der Waals surface area contributed by atoms with Crippen molar-refractivity contribution in [3.8, 4) is 5.75 Å². The van der Waals surface area contributed by atoms with E-state index < -0.39 is 10.0 Å². The fraction of sp³-hybridized carbons (Fsp3) is 0.538. The maximum Gasteiger partial charge on any atom is 0.262 e. The number of methoxy groups -OCH3 is 1. The smallest absolute Gasteiger partial charge is 0.262 e. The molecule has 1 N–H and O–H groups in total. The Morgan fingerprint density at radius 2 is 1.95 bits per heavy atom. The third-order valence-corrected chi connectivity index (χ3v) is 4.49. The molecule has 0 heterocycles. The van der Waals surface area contributed by atoms with Crippen molar-refractivity contribution < 1.29 is 18.0 Å². The molecule has 1 aromatic carbocycles. The molecular formula is C13H19NO4S. The van der Waals surface area contributed by atoms with E-state index in [2.05, 4.69) is 4.89 Å². The summed E-state index contributed by atoms with van der Waals surface area (Å²) in [5.41, 5.74) is 0.770. The lowest BCUT2D eigenvalue weighted by atomic mass is 10.2. The normalized spacial score (nSPS) is 16.7. The van der Waals surface area contributed by atoms with Crippen molar-refractivity contribution >= 4 is 10.0 Å². The lowest BCUT2D eigenvalue weighted by Gasteiger charge is -2.13. The van der Waals surface area contributed by atoms with E-state index in [1.807, 2.05) is 0 Å². The van der Waals surface area contributed by atoms with Crippen LogP contribution in [0.1, 0.15) is 31.2 Å². The number of hydrogen-bond donors (Lipinski definition) is 1. The second-order valence-electron chi connectivity index (χ2n) is 4.74. The van der Waals surface area contributed by atoms with Gasteiger partial charge in [0.2, 0.25) is 0 Å². The molecule has 1 aromatic rings. The number of sulfonamides is 1. The minimum Gasteiger partial charge on any atom is -0.496 e. The highest BCUT2D eigenvalue weighted by Gasteiger charge is 2.21. The molecule has 6 heteroatoms. The quantitative estimate of drug-likeness (QED) is 0.842. The summed E-state index contributed by atoms with van der Waals surface area (Å²) in [6.45, 7) is 1.80. The Hall–Kier alpha value is -1.11. The minimum absolute atomic E-state index is 0.00544. The Balaban J connectivity index is 2.08. The number of ether oxygens (including phenoxy) is 1. The first-order valence-corrected chi connectivity index (χ1v) is 7.83. The van der Waals surface area contributed by atoms with Crippen LogP contribution in [-0.2, 0) is 14.9 Å². The van der Waals surface area contributed by atoms with Gasteiger partial charge in [-0.25, -0.2) is 8.42 Å². The van der Waals surface area contributed by atoms with Gasteiger partial charge in [-0.3, -0.25) is 4.84 Å². The van der Waals surface area contributed by atoms with E-state index in [4.69, 9.17) is 9.57 Å². The average Bonchev–Trinajstić information content (AvgIpc) is 2.89. The maximum absolute atomic E-state index is 12.1. The van der Waals surface area contributed by atoms with E-state index in [0.717, 1.165) is 31.2 Å². The van der Waals surface area contributed by atoms with Gasteiger partial charge in [-0.1, -0.05) is 17.7 Å². The van der Waals surface area contributed by atoms with Crippen molar-refractivity contribution in [3.05, 3.63) is 23.8 Å². The molecule has 0 spiro atoms. The minimum atomic E-state index is -3.62. The summed E-state index contributed by atoms with van der Waals surface area (Å²) in [7, 11) is -2.07. The first-order valence-electron chi connectivity index (χ1n) is 6.35. The van der Waals surface area contributed by atoms with E-state index in [1.165, 1.54) is 6.07 Å². The summed E-state index contributed by atoms with van der Waals surface area (Å²) in [4.78, 5) is 7.65. The highest BCUT2D eigenvalue weighted by Crippen LogP contribution is 2.23. The molecule has 19 heavy (non-hydrogen) atoms. The monoisotopic (exact) mass is 285 g/mol. The van der Waals surface area contributed by atoms with Crippen LogP contribution in [0.2, 0.25) is 0 Å². The van der Waals surface area contributed by atoms with Crippen LogP contribution >= 0.6 is 0 Å². The summed E-state index contributed by atoms with van der Waals surface area (Å²) < 4.78 is 29.2. The number of nitrogens with one attached hydrogen (secondary N) is 1. The van der Waals surface area contributed by atoms with E-state index in [0.29, 0.717) is 5.75 Å². The third kappa shape index (κ3) is 3.46. The van der Waals surface area contributed by atoms with Gasteiger partial charge in [0.15, 0.2) is 0 Å². The summed E-state index contributed by atoms with van der Waals surface area (Å²) in [6.07, 6.45) is 3.99. The van der Waals surface area contributed by atoms with Gasteiger partial charge in [-0.15, -0.1) is 0 Å².